The summed E-state index contributed by atoms with van der Waals surface area (Å²) in [6, 6.07) is 1.55. The summed E-state index contributed by atoms with van der Waals surface area (Å²) < 4.78 is 4.91. The molecule has 0 aromatic carbocycles. The van der Waals surface area contributed by atoms with Gasteiger partial charge in [0.05, 0.1) is 17.4 Å². The van der Waals surface area contributed by atoms with Crippen molar-refractivity contribution in [3.63, 3.8) is 0 Å². The van der Waals surface area contributed by atoms with Crippen LogP contribution in [0, 0.1) is 0 Å². The highest BCUT2D eigenvalue weighted by Gasteiger charge is 2.07. The van der Waals surface area contributed by atoms with Crippen molar-refractivity contribution >= 4 is 17.4 Å². The first-order chi connectivity index (χ1) is 7.65. The summed E-state index contributed by atoms with van der Waals surface area (Å²) in [7, 11) is 1.65. The van der Waals surface area contributed by atoms with Gasteiger partial charge in [-0.25, -0.2) is 4.98 Å². The molecule has 0 radical (unpaired) electrons. The van der Waals surface area contributed by atoms with E-state index in [4.69, 9.17) is 16.2 Å². The van der Waals surface area contributed by atoms with Crippen LogP contribution in [0.4, 0.5) is 11.5 Å². The number of nitrogens with one attached hydrogen (secondary N) is 1. The number of ether oxygens (including phenoxy) is 1. The number of nitrogens with zero attached hydrogens (tertiary/aromatic N) is 1. The Morgan fingerprint density at radius 1 is 1.62 bits per heavy atom. The van der Waals surface area contributed by atoms with E-state index in [2.05, 4.69) is 10.3 Å². The van der Waals surface area contributed by atoms with Crippen LogP contribution in [0.3, 0.4) is 0 Å². The lowest BCUT2D eigenvalue weighted by Gasteiger charge is -2.07. The van der Waals surface area contributed by atoms with E-state index in [0.29, 0.717) is 19.0 Å². The van der Waals surface area contributed by atoms with Crippen LogP contribution in [0.15, 0.2) is 12.3 Å². The summed E-state index contributed by atoms with van der Waals surface area (Å²) in [6.07, 6.45) is 2.27. The Bertz CT molecular complexity index is 368. The summed E-state index contributed by atoms with van der Waals surface area (Å²) in [5, 5.41) is 3.05. The largest absolute Gasteiger partial charge is 0.397 e. The first kappa shape index (κ1) is 12.3. The fourth-order valence-electron chi connectivity index (χ4n) is 1.21. The number of nitrogen functional groups attached to an aromatic ring is 1. The molecule has 6 heteroatoms. The monoisotopic (exact) mass is 224 g/mol. The van der Waals surface area contributed by atoms with E-state index in [1.165, 1.54) is 6.20 Å². The number of anilines is 2. The average Bonchev–Trinajstić information content (AvgIpc) is 2.26. The zero-order chi connectivity index (χ0) is 12.0. The Labute approximate surface area is 94.0 Å². The van der Waals surface area contributed by atoms with Gasteiger partial charge in [-0.15, -0.1) is 0 Å². The minimum atomic E-state index is -0.556. The molecule has 0 aliphatic carbocycles. The first-order valence-electron chi connectivity index (χ1n) is 4.93. The SMILES string of the molecule is COCCCNc1cc(C(N)=O)c(N)cn1. The molecule has 88 valence electrons. The van der Waals surface area contributed by atoms with Gasteiger partial charge in [0.1, 0.15) is 5.82 Å². The third-order valence-electron chi connectivity index (χ3n) is 2.03. The molecule has 0 fully saturated rings. The molecule has 0 saturated heterocycles. The maximum atomic E-state index is 11.0. The second-order valence-electron chi connectivity index (χ2n) is 3.29. The Balaban J connectivity index is 2.61. The highest BCUT2D eigenvalue weighted by molar-refractivity contribution is 5.98. The highest BCUT2D eigenvalue weighted by Crippen LogP contribution is 2.13. The van der Waals surface area contributed by atoms with Gasteiger partial charge in [-0.3, -0.25) is 4.79 Å². The summed E-state index contributed by atoms with van der Waals surface area (Å²) in [5.74, 6) is 0.0268. The van der Waals surface area contributed by atoms with Gasteiger partial charge in [-0.1, -0.05) is 0 Å². The quantitative estimate of drug-likeness (QED) is 0.599. The van der Waals surface area contributed by atoms with E-state index in [0.717, 1.165) is 6.42 Å². The predicted molar refractivity (Wildman–Crippen MR) is 62.2 cm³/mol. The molecule has 0 aliphatic heterocycles. The van der Waals surface area contributed by atoms with Crippen molar-refractivity contribution in [1.82, 2.24) is 4.98 Å². The smallest absolute Gasteiger partial charge is 0.250 e. The van der Waals surface area contributed by atoms with Crippen molar-refractivity contribution in [3.8, 4) is 0 Å². The van der Waals surface area contributed by atoms with Gasteiger partial charge < -0.3 is 21.5 Å². The van der Waals surface area contributed by atoms with Crippen molar-refractivity contribution < 1.29 is 9.53 Å². The molecular formula is C10H16N4O2. The number of aromatic nitrogens is 1. The summed E-state index contributed by atoms with van der Waals surface area (Å²) >= 11 is 0. The number of hydrogen-bond donors (Lipinski definition) is 3. The predicted octanol–water partition coefficient (Wildman–Crippen LogP) is 0.211. The number of methoxy groups -OCH3 is 1. The van der Waals surface area contributed by atoms with E-state index in [9.17, 15) is 4.79 Å². The van der Waals surface area contributed by atoms with Crippen molar-refractivity contribution in [2.45, 2.75) is 6.42 Å². The highest BCUT2D eigenvalue weighted by atomic mass is 16.5. The number of rotatable bonds is 6. The van der Waals surface area contributed by atoms with Gasteiger partial charge in [0.2, 0.25) is 0 Å². The van der Waals surface area contributed by atoms with Crippen molar-refractivity contribution in [3.05, 3.63) is 17.8 Å². The number of carbonyl (C=O) groups is 1. The Hall–Kier alpha value is -1.82. The van der Waals surface area contributed by atoms with E-state index < -0.39 is 5.91 Å². The number of nitrogens with two attached hydrogens (primary N) is 2. The molecule has 0 aliphatic rings. The van der Waals surface area contributed by atoms with Crippen LogP contribution >= 0.6 is 0 Å². The normalized spacial score (nSPS) is 10.1. The lowest BCUT2D eigenvalue weighted by Crippen LogP contribution is -2.15. The maximum absolute atomic E-state index is 11.0. The fourth-order valence-corrected chi connectivity index (χ4v) is 1.21. The number of pyridine rings is 1. The molecule has 1 heterocycles. The van der Waals surface area contributed by atoms with Crippen molar-refractivity contribution in [2.75, 3.05) is 31.3 Å². The minimum absolute atomic E-state index is 0.282. The molecule has 0 atom stereocenters. The van der Waals surface area contributed by atoms with Crippen LogP contribution in [0.2, 0.25) is 0 Å². The molecule has 0 unspecified atom stereocenters. The second-order valence-corrected chi connectivity index (χ2v) is 3.29. The van der Waals surface area contributed by atoms with Gasteiger partial charge in [-0.2, -0.15) is 0 Å². The van der Waals surface area contributed by atoms with Gasteiger partial charge in [0, 0.05) is 20.3 Å². The number of hydrogen-bond acceptors (Lipinski definition) is 5. The van der Waals surface area contributed by atoms with Gasteiger partial charge >= 0.3 is 0 Å². The standard InChI is InChI=1S/C10H16N4O2/c1-16-4-2-3-13-9-5-7(10(12)15)8(11)6-14-9/h5-6H,2-4,11H2,1H3,(H2,12,15)(H,13,14). The lowest BCUT2D eigenvalue weighted by molar-refractivity contribution is 0.100. The molecular weight excluding hydrogens is 208 g/mol. The molecule has 0 saturated carbocycles. The molecule has 16 heavy (non-hydrogen) atoms. The average molecular weight is 224 g/mol. The third-order valence-corrected chi connectivity index (χ3v) is 2.03. The van der Waals surface area contributed by atoms with E-state index in [1.54, 1.807) is 13.2 Å². The zero-order valence-electron chi connectivity index (χ0n) is 9.19. The second kappa shape index (κ2) is 5.92. The van der Waals surface area contributed by atoms with E-state index in [1.807, 2.05) is 0 Å². The zero-order valence-corrected chi connectivity index (χ0v) is 9.19. The topological polar surface area (TPSA) is 103 Å². The van der Waals surface area contributed by atoms with Crippen LogP contribution in [-0.2, 0) is 4.74 Å². The number of amides is 1. The van der Waals surface area contributed by atoms with Crippen molar-refractivity contribution in [2.24, 2.45) is 5.73 Å². The summed E-state index contributed by atoms with van der Waals surface area (Å²) in [5.41, 5.74) is 11.3. The van der Waals surface area contributed by atoms with Crippen LogP contribution in [-0.4, -0.2) is 31.2 Å². The Morgan fingerprint density at radius 3 is 3.00 bits per heavy atom. The first-order valence-corrected chi connectivity index (χ1v) is 4.93. The molecule has 0 spiro atoms. The molecule has 1 amide bonds. The van der Waals surface area contributed by atoms with Crippen LogP contribution in [0.1, 0.15) is 16.8 Å². The third kappa shape index (κ3) is 3.39. The van der Waals surface area contributed by atoms with E-state index >= 15 is 0 Å². The Kier molecular flexibility index (Phi) is 4.53. The maximum Gasteiger partial charge on any atom is 0.250 e. The molecule has 1 aromatic rings. The number of carbonyl (C=O) groups excluding carboxylic acids is 1. The van der Waals surface area contributed by atoms with Gasteiger partial charge in [-0.05, 0) is 12.5 Å². The number of primary amides is 1. The molecule has 5 N–H and O–H groups in total. The van der Waals surface area contributed by atoms with Crippen LogP contribution < -0.4 is 16.8 Å². The summed E-state index contributed by atoms with van der Waals surface area (Å²) in [4.78, 5) is 15.1. The van der Waals surface area contributed by atoms with Crippen LogP contribution in [0.5, 0.6) is 0 Å². The summed E-state index contributed by atoms with van der Waals surface area (Å²) in [6.45, 7) is 1.38. The van der Waals surface area contributed by atoms with Crippen molar-refractivity contribution in [1.29, 1.82) is 0 Å². The molecule has 6 nitrogen and oxygen atoms in total. The molecule has 1 rings (SSSR count). The molecule has 0 bridgehead atoms. The molecule has 1 aromatic heterocycles. The van der Waals surface area contributed by atoms with Crippen LogP contribution in [0.25, 0.3) is 0 Å². The fraction of sp³-hybridized carbons (Fsp3) is 0.400. The van der Waals surface area contributed by atoms with Gasteiger partial charge in [0.15, 0.2) is 0 Å². The van der Waals surface area contributed by atoms with Gasteiger partial charge in [0.25, 0.3) is 5.91 Å². The minimum Gasteiger partial charge on any atom is -0.397 e. The van der Waals surface area contributed by atoms with E-state index in [-0.39, 0.29) is 11.3 Å². The Morgan fingerprint density at radius 2 is 2.38 bits per heavy atom. The lowest BCUT2D eigenvalue weighted by atomic mass is 10.2.